The summed E-state index contributed by atoms with van der Waals surface area (Å²) in [4.78, 5) is 2.26. The summed E-state index contributed by atoms with van der Waals surface area (Å²) in [6.45, 7) is 2.21. The molecule has 0 aromatic carbocycles. The summed E-state index contributed by atoms with van der Waals surface area (Å²) in [5, 5.41) is 0. The molecule has 15 heavy (non-hydrogen) atoms. The molecule has 1 aliphatic heterocycles. The third-order valence-electron chi connectivity index (χ3n) is 4.08. The third-order valence-corrected chi connectivity index (χ3v) is 4.08. The van der Waals surface area contributed by atoms with Crippen molar-refractivity contribution in [1.82, 2.24) is 4.90 Å². The minimum Gasteiger partial charge on any atom is -0.348 e. The average molecular weight is 214 g/mol. The van der Waals surface area contributed by atoms with Crippen LogP contribution in [0.3, 0.4) is 0 Å². The zero-order chi connectivity index (χ0) is 10.9. The predicted molar refractivity (Wildman–Crippen MR) is 58.6 cm³/mol. The van der Waals surface area contributed by atoms with Crippen LogP contribution in [0.25, 0.3) is 0 Å². The fourth-order valence-electron chi connectivity index (χ4n) is 2.72. The van der Waals surface area contributed by atoms with Crippen LogP contribution < -0.4 is 5.73 Å². The molecule has 1 aliphatic carbocycles. The van der Waals surface area contributed by atoms with Gasteiger partial charge in [0.2, 0.25) is 0 Å². The SMILES string of the molecule is CN(C)C1(CN)CCC2(CC1)OCCO2. The number of nitrogens with zero attached hydrogens (tertiary/aromatic N) is 1. The van der Waals surface area contributed by atoms with Gasteiger partial charge in [0.05, 0.1) is 13.2 Å². The van der Waals surface area contributed by atoms with E-state index in [1.165, 1.54) is 0 Å². The standard InChI is InChI=1S/C11H22N2O2/c1-13(2)10(9-12)3-5-11(6-4-10)14-7-8-15-11/h3-9,12H2,1-2H3. The minimum absolute atomic E-state index is 0.153. The number of ether oxygens (including phenoxy) is 2. The van der Waals surface area contributed by atoms with Gasteiger partial charge in [0, 0.05) is 24.9 Å². The van der Waals surface area contributed by atoms with E-state index in [1.54, 1.807) is 0 Å². The summed E-state index contributed by atoms with van der Waals surface area (Å²) in [5.74, 6) is -0.269. The van der Waals surface area contributed by atoms with Crippen LogP contribution in [0.15, 0.2) is 0 Å². The fraction of sp³-hybridized carbons (Fsp3) is 1.00. The molecule has 0 amide bonds. The summed E-state index contributed by atoms with van der Waals surface area (Å²) in [7, 11) is 4.22. The predicted octanol–water partition coefficient (Wildman–Crippen LogP) is 0.563. The van der Waals surface area contributed by atoms with Crippen molar-refractivity contribution in [3.63, 3.8) is 0 Å². The highest BCUT2D eigenvalue weighted by Crippen LogP contribution is 2.41. The molecular formula is C11H22N2O2. The first-order chi connectivity index (χ1) is 7.13. The van der Waals surface area contributed by atoms with Gasteiger partial charge in [-0.05, 0) is 26.9 Å². The second-order valence-electron chi connectivity index (χ2n) is 4.93. The summed E-state index contributed by atoms with van der Waals surface area (Å²) in [6, 6.07) is 0. The highest BCUT2D eigenvalue weighted by molar-refractivity contribution is 4.97. The Bertz CT molecular complexity index is 215. The van der Waals surface area contributed by atoms with Crippen LogP contribution in [0.1, 0.15) is 25.7 Å². The Labute approximate surface area is 91.7 Å². The maximum atomic E-state index is 5.90. The summed E-state index contributed by atoms with van der Waals surface area (Å²) in [5.41, 5.74) is 6.06. The summed E-state index contributed by atoms with van der Waals surface area (Å²) < 4.78 is 11.4. The van der Waals surface area contributed by atoms with Crippen molar-refractivity contribution < 1.29 is 9.47 Å². The molecule has 0 unspecified atom stereocenters. The van der Waals surface area contributed by atoms with Crippen molar-refractivity contribution in [2.24, 2.45) is 5.73 Å². The number of hydrogen-bond acceptors (Lipinski definition) is 4. The number of rotatable bonds is 2. The quantitative estimate of drug-likeness (QED) is 0.730. The van der Waals surface area contributed by atoms with Gasteiger partial charge in [-0.15, -0.1) is 0 Å². The lowest BCUT2D eigenvalue weighted by Crippen LogP contribution is -2.55. The number of likely N-dealkylation sites (N-methyl/N-ethyl adjacent to an activating group) is 1. The topological polar surface area (TPSA) is 47.7 Å². The third kappa shape index (κ3) is 1.91. The Kier molecular flexibility index (Phi) is 3.03. The van der Waals surface area contributed by atoms with Crippen LogP contribution in [-0.2, 0) is 9.47 Å². The summed E-state index contributed by atoms with van der Waals surface area (Å²) in [6.07, 6.45) is 4.08. The maximum absolute atomic E-state index is 5.90. The lowest BCUT2D eigenvalue weighted by Gasteiger charge is -2.46. The van der Waals surface area contributed by atoms with Crippen molar-refractivity contribution in [3.8, 4) is 0 Å². The highest BCUT2D eigenvalue weighted by Gasteiger charge is 2.46. The lowest BCUT2D eigenvalue weighted by atomic mass is 9.78. The van der Waals surface area contributed by atoms with Gasteiger partial charge < -0.3 is 20.1 Å². The van der Waals surface area contributed by atoms with Crippen LogP contribution >= 0.6 is 0 Å². The Morgan fingerprint density at radius 2 is 1.60 bits per heavy atom. The van der Waals surface area contributed by atoms with Crippen molar-refractivity contribution in [1.29, 1.82) is 0 Å². The molecule has 4 nitrogen and oxygen atoms in total. The van der Waals surface area contributed by atoms with Crippen LogP contribution in [0, 0.1) is 0 Å². The van der Waals surface area contributed by atoms with E-state index in [1.807, 2.05) is 0 Å². The van der Waals surface area contributed by atoms with E-state index < -0.39 is 0 Å². The number of nitrogens with two attached hydrogens (primary N) is 1. The highest BCUT2D eigenvalue weighted by atomic mass is 16.7. The second kappa shape index (κ2) is 4.01. The smallest absolute Gasteiger partial charge is 0.168 e. The zero-order valence-electron chi connectivity index (χ0n) is 9.79. The van der Waals surface area contributed by atoms with E-state index in [9.17, 15) is 0 Å². The van der Waals surface area contributed by atoms with Crippen molar-refractivity contribution in [2.45, 2.75) is 37.0 Å². The first kappa shape index (κ1) is 11.3. The summed E-state index contributed by atoms with van der Waals surface area (Å²) >= 11 is 0. The van der Waals surface area contributed by atoms with Gasteiger partial charge in [0.1, 0.15) is 0 Å². The van der Waals surface area contributed by atoms with Crippen LogP contribution in [0.5, 0.6) is 0 Å². The van der Waals surface area contributed by atoms with E-state index in [4.69, 9.17) is 15.2 Å². The van der Waals surface area contributed by atoms with Gasteiger partial charge >= 0.3 is 0 Å². The molecule has 88 valence electrons. The molecule has 0 bridgehead atoms. The molecule has 0 aromatic rings. The van der Waals surface area contributed by atoms with Crippen LogP contribution in [-0.4, -0.2) is 50.1 Å². The Hall–Kier alpha value is -0.160. The van der Waals surface area contributed by atoms with Gasteiger partial charge in [-0.1, -0.05) is 0 Å². The second-order valence-corrected chi connectivity index (χ2v) is 4.93. The molecule has 2 N–H and O–H groups in total. The normalized spacial score (nSPS) is 28.8. The van der Waals surface area contributed by atoms with Gasteiger partial charge in [-0.2, -0.15) is 0 Å². The lowest BCUT2D eigenvalue weighted by molar-refractivity contribution is -0.191. The first-order valence-corrected chi connectivity index (χ1v) is 5.78. The number of hydrogen-bond donors (Lipinski definition) is 1. The molecule has 2 fully saturated rings. The van der Waals surface area contributed by atoms with Crippen LogP contribution in [0.2, 0.25) is 0 Å². The Morgan fingerprint density at radius 3 is 2.00 bits per heavy atom. The monoisotopic (exact) mass is 214 g/mol. The average Bonchev–Trinajstić information content (AvgIpc) is 2.68. The van der Waals surface area contributed by atoms with E-state index in [0.29, 0.717) is 0 Å². The largest absolute Gasteiger partial charge is 0.348 e. The van der Waals surface area contributed by atoms with Gasteiger partial charge in [0.25, 0.3) is 0 Å². The fourth-order valence-corrected chi connectivity index (χ4v) is 2.72. The molecular weight excluding hydrogens is 192 g/mol. The molecule has 1 saturated heterocycles. The molecule has 0 radical (unpaired) electrons. The van der Waals surface area contributed by atoms with E-state index in [0.717, 1.165) is 45.4 Å². The van der Waals surface area contributed by atoms with Gasteiger partial charge in [0.15, 0.2) is 5.79 Å². The molecule has 2 rings (SSSR count). The zero-order valence-corrected chi connectivity index (χ0v) is 9.79. The Morgan fingerprint density at radius 1 is 1.07 bits per heavy atom. The molecule has 4 heteroatoms. The molecule has 0 atom stereocenters. The van der Waals surface area contributed by atoms with Crippen molar-refractivity contribution in [2.75, 3.05) is 33.9 Å². The molecule has 1 spiro atoms. The first-order valence-electron chi connectivity index (χ1n) is 5.78. The van der Waals surface area contributed by atoms with Gasteiger partial charge in [-0.25, -0.2) is 0 Å². The van der Waals surface area contributed by atoms with Crippen LogP contribution in [0.4, 0.5) is 0 Å². The van der Waals surface area contributed by atoms with Crippen molar-refractivity contribution in [3.05, 3.63) is 0 Å². The van der Waals surface area contributed by atoms with E-state index >= 15 is 0 Å². The maximum Gasteiger partial charge on any atom is 0.168 e. The molecule has 1 saturated carbocycles. The van der Waals surface area contributed by atoms with Crippen molar-refractivity contribution >= 4 is 0 Å². The van der Waals surface area contributed by atoms with Gasteiger partial charge in [-0.3, -0.25) is 0 Å². The minimum atomic E-state index is -0.269. The Balaban J connectivity index is 2.01. The van der Waals surface area contributed by atoms with E-state index in [-0.39, 0.29) is 11.3 Å². The van der Waals surface area contributed by atoms with E-state index in [2.05, 4.69) is 19.0 Å². The molecule has 2 aliphatic rings. The molecule has 1 heterocycles. The molecule has 0 aromatic heterocycles.